The standard InChI is InChI=1S/C10H10N4OS/c1-2-16-6-9-13-10(15-14-9)7-3-8(4-11)12-5-7/h3,5,12H,2,6H2,1H3. The van der Waals surface area contributed by atoms with E-state index in [1.165, 1.54) is 0 Å². The maximum atomic E-state index is 8.67. The molecular formula is C10H10N4OS. The molecular weight excluding hydrogens is 224 g/mol. The van der Waals surface area contributed by atoms with Gasteiger partial charge in [0.15, 0.2) is 5.82 Å². The van der Waals surface area contributed by atoms with Crippen LogP contribution in [0.3, 0.4) is 0 Å². The first-order valence-corrected chi connectivity index (χ1v) is 5.98. The molecule has 0 fully saturated rings. The topological polar surface area (TPSA) is 78.5 Å². The third kappa shape index (κ3) is 2.25. The molecule has 6 heteroatoms. The van der Waals surface area contributed by atoms with Crippen LogP contribution in [0, 0.1) is 11.3 Å². The van der Waals surface area contributed by atoms with Crippen molar-refractivity contribution >= 4 is 11.8 Å². The molecule has 5 nitrogen and oxygen atoms in total. The zero-order valence-electron chi connectivity index (χ0n) is 8.73. The molecule has 0 amide bonds. The van der Waals surface area contributed by atoms with Crippen LogP contribution < -0.4 is 0 Å². The van der Waals surface area contributed by atoms with E-state index in [1.807, 2.05) is 6.07 Å². The van der Waals surface area contributed by atoms with Crippen molar-refractivity contribution in [3.8, 4) is 17.5 Å². The van der Waals surface area contributed by atoms with Crippen molar-refractivity contribution in [2.45, 2.75) is 12.7 Å². The summed E-state index contributed by atoms with van der Waals surface area (Å²) in [5, 5.41) is 12.5. The van der Waals surface area contributed by atoms with Crippen LogP contribution in [-0.4, -0.2) is 20.9 Å². The van der Waals surface area contributed by atoms with Crippen molar-refractivity contribution in [1.82, 2.24) is 15.1 Å². The van der Waals surface area contributed by atoms with Gasteiger partial charge in [-0.05, 0) is 11.8 Å². The first-order valence-electron chi connectivity index (χ1n) is 4.82. The van der Waals surface area contributed by atoms with Crippen molar-refractivity contribution in [2.24, 2.45) is 0 Å². The van der Waals surface area contributed by atoms with Gasteiger partial charge in [0, 0.05) is 6.20 Å². The molecule has 0 aromatic carbocycles. The van der Waals surface area contributed by atoms with Crippen LogP contribution >= 0.6 is 11.8 Å². The molecule has 1 N–H and O–H groups in total. The molecule has 0 spiro atoms. The fourth-order valence-electron chi connectivity index (χ4n) is 1.21. The van der Waals surface area contributed by atoms with E-state index < -0.39 is 0 Å². The lowest BCUT2D eigenvalue weighted by Crippen LogP contribution is -1.83. The maximum absolute atomic E-state index is 8.67. The van der Waals surface area contributed by atoms with Crippen molar-refractivity contribution < 1.29 is 4.52 Å². The van der Waals surface area contributed by atoms with E-state index in [1.54, 1.807) is 24.0 Å². The summed E-state index contributed by atoms with van der Waals surface area (Å²) in [7, 11) is 0. The minimum Gasteiger partial charge on any atom is -0.352 e. The van der Waals surface area contributed by atoms with E-state index in [9.17, 15) is 0 Å². The predicted molar refractivity (Wildman–Crippen MR) is 60.6 cm³/mol. The van der Waals surface area contributed by atoms with Crippen molar-refractivity contribution in [2.75, 3.05) is 5.75 Å². The minimum atomic E-state index is 0.449. The molecule has 0 bridgehead atoms. The number of rotatable bonds is 4. The van der Waals surface area contributed by atoms with Gasteiger partial charge >= 0.3 is 0 Å². The summed E-state index contributed by atoms with van der Waals surface area (Å²) in [6.07, 6.45) is 1.68. The summed E-state index contributed by atoms with van der Waals surface area (Å²) in [6, 6.07) is 3.69. The van der Waals surface area contributed by atoms with Gasteiger partial charge in [-0.2, -0.15) is 22.0 Å². The van der Waals surface area contributed by atoms with Gasteiger partial charge in [-0.3, -0.25) is 0 Å². The second-order valence-corrected chi connectivity index (χ2v) is 4.34. The summed E-state index contributed by atoms with van der Waals surface area (Å²) in [5.74, 6) is 2.90. The molecule has 2 aromatic heterocycles. The Balaban J connectivity index is 2.15. The Morgan fingerprint density at radius 2 is 2.50 bits per heavy atom. The van der Waals surface area contributed by atoms with Gasteiger partial charge in [-0.25, -0.2) is 0 Å². The number of aromatic nitrogens is 3. The molecule has 0 atom stereocenters. The monoisotopic (exact) mass is 234 g/mol. The second-order valence-electron chi connectivity index (χ2n) is 3.07. The lowest BCUT2D eigenvalue weighted by molar-refractivity contribution is 0.425. The second kappa shape index (κ2) is 4.86. The lowest BCUT2D eigenvalue weighted by Gasteiger charge is -1.88. The van der Waals surface area contributed by atoms with E-state index in [0.717, 1.165) is 17.1 Å². The Labute approximate surface area is 96.9 Å². The van der Waals surface area contributed by atoms with Gasteiger partial charge in [0.05, 0.1) is 11.3 Å². The van der Waals surface area contributed by atoms with Crippen LogP contribution in [0.25, 0.3) is 11.5 Å². The highest BCUT2D eigenvalue weighted by molar-refractivity contribution is 7.98. The van der Waals surface area contributed by atoms with Crippen LogP contribution in [0.1, 0.15) is 18.4 Å². The number of nitrogens with zero attached hydrogens (tertiary/aromatic N) is 3. The Hall–Kier alpha value is -1.74. The van der Waals surface area contributed by atoms with Crippen molar-refractivity contribution in [1.29, 1.82) is 5.26 Å². The minimum absolute atomic E-state index is 0.449. The number of hydrogen-bond donors (Lipinski definition) is 1. The van der Waals surface area contributed by atoms with Crippen LogP contribution in [0.4, 0.5) is 0 Å². The Kier molecular flexibility index (Phi) is 3.27. The molecule has 16 heavy (non-hydrogen) atoms. The average molecular weight is 234 g/mol. The zero-order chi connectivity index (χ0) is 11.4. The van der Waals surface area contributed by atoms with Gasteiger partial charge in [-0.1, -0.05) is 12.1 Å². The number of hydrogen-bond acceptors (Lipinski definition) is 5. The smallest absolute Gasteiger partial charge is 0.259 e. The van der Waals surface area contributed by atoms with Gasteiger partial charge in [-0.15, -0.1) is 0 Å². The number of H-pyrrole nitrogens is 1. The van der Waals surface area contributed by atoms with Crippen molar-refractivity contribution in [3.05, 3.63) is 23.8 Å². The van der Waals surface area contributed by atoms with E-state index in [4.69, 9.17) is 9.78 Å². The first-order chi connectivity index (χ1) is 7.83. The highest BCUT2D eigenvalue weighted by Gasteiger charge is 2.10. The lowest BCUT2D eigenvalue weighted by atomic mass is 10.3. The molecule has 0 saturated heterocycles. The molecule has 0 unspecified atom stereocenters. The van der Waals surface area contributed by atoms with Crippen LogP contribution in [0.15, 0.2) is 16.8 Å². The van der Waals surface area contributed by atoms with Gasteiger partial charge < -0.3 is 9.51 Å². The van der Waals surface area contributed by atoms with Crippen molar-refractivity contribution in [3.63, 3.8) is 0 Å². The largest absolute Gasteiger partial charge is 0.352 e. The molecule has 0 aliphatic heterocycles. The summed E-state index contributed by atoms with van der Waals surface area (Å²) in [4.78, 5) is 7.05. The summed E-state index contributed by atoms with van der Waals surface area (Å²) in [6.45, 7) is 2.08. The molecule has 0 radical (unpaired) electrons. The summed E-state index contributed by atoms with van der Waals surface area (Å²) in [5.41, 5.74) is 1.23. The van der Waals surface area contributed by atoms with E-state index >= 15 is 0 Å². The fraction of sp³-hybridized carbons (Fsp3) is 0.300. The average Bonchev–Trinajstić information content (AvgIpc) is 2.94. The summed E-state index contributed by atoms with van der Waals surface area (Å²) < 4.78 is 5.10. The predicted octanol–water partition coefficient (Wildman–Crippen LogP) is 2.19. The number of nitriles is 1. The molecule has 0 aliphatic carbocycles. The van der Waals surface area contributed by atoms with Gasteiger partial charge in [0.25, 0.3) is 5.89 Å². The number of thioether (sulfide) groups is 1. The van der Waals surface area contributed by atoms with Gasteiger partial charge in [0.1, 0.15) is 11.8 Å². The van der Waals surface area contributed by atoms with E-state index in [-0.39, 0.29) is 0 Å². The third-order valence-corrected chi connectivity index (χ3v) is 2.82. The molecule has 2 heterocycles. The zero-order valence-corrected chi connectivity index (χ0v) is 9.54. The highest BCUT2D eigenvalue weighted by Crippen LogP contribution is 2.19. The molecule has 2 aromatic rings. The normalized spacial score (nSPS) is 10.2. The quantitative estimate of drug-likeness (QED) is 0.877. The van der Waals surface area contributed by atoms with Crippen LogP contribution in [0.5, 0.6) is 0 Å². The SMILES string of the molecule is CCSCc1noc(-c2c[nH]c(C#N)c2)n1. The maximum Gasteiger partial charge on any atom is 0.259 e. The van der Waals surface area contributed by atoms with Crippen LogP contribution in [0.2, 0.25) is 0 Å². The molecule has 82 valence electrons. The Bertz CT molecular complexity index is 511. The first kappa shape index (κ1) is 10.8. The van der Waals surface area contributed by atoms with E-state index in [2.05, 4.69) is 22.0 Å². The highest BCUT2D eigenvalue weighted by atomic mass is 32.2. The van der Waals surface area contributed by atoms with E-state index in [0.29, 0.717) is 17.4 Å². The number of nitrogens with one attached hydrogen (secondary N) is 1. The third-order valence-electron chi connectivity index (χ3n) is 1.95. The Morgan fingerprint density at radius 3 is 3.19 bits per heavy atom. The molecule has 0 aliphatic rings. The van der Waals surface area contributed by atoms with Crippen LogP contribution in [-0.2, 0) is 5.75 Å². The molecule has 2 rings (SSSR count). The Morgan fingerprint density at radius 1 is 1.62 bits per heavy atom. The number of aromatic amines is 1. The van der Waals surface area contributed by atoms with Gasteiger partial charge in [0.2, 0.25) is 0 Å². The fourth-order valence-corrected chi connectivity index (χ4v) is 1.71. The summed E-state index contributed by atoms with van der Waals surface area (Å²) >= 11 is 1.73. The molecule has 0 saturated carbocycles.